The number of carboxylic acid groups (broad SMARTS) is 1. The van der Waals surface area contributed by atoms with Crippen molar-refractivity contribution in [3.05, 3.63) is 83.9 Å². The minimum absolute atomic E-state index is 0.00802. The number of hydrogen-bond donors (Lipinski definition) is 3. The maximum absolute atomic E-state index is 13.9. The molecule has 2 heterocycles. The number of imidazole rings is 1. The zero-order chi connectivity index (χ0) is 30.7. The minimum Gasteiger partial charge on any atom is -0.497 e. The molecular formula is C32H40N4O6S. The lowest BCUT2D eigenvalue weighted by Crippen LogP contribution is -2.54. The van der Waals surface area contributed by atoms with Crippen LogP contribution in [-0.2, 0) is 38.5 Å². The van der Waals surface area contributed by atoms with Crippen LogP contribution in [0, 0.1) is 0 Å². The van der Waals surface area contributed by atoms with Gasteiger partial charge in [0.1, 0.15) is 23.4 Å². The average molecular weight is 609 g/mol. The van der Waals surface area contributed by atoms with Crippen LogP contribution in [0.2, 0.25) is 0 Å². The van der Waals surface area contributed by atoms with E-state index in [9.17, 15) is 19.5 Å². The third-order valence-corrected chi connectivity index (χ3v) is 8.39. The SMILES string of the molecule is COc1ccc(Cn2cncc2CC(=O)[C@@]2(COC(Cc3ccccc3)C(=O)N[C@H](CCSC)C(=O)O)CCCN2)cc1. The average Bonchev–Trinajstić information content (AvgIpc) is 3.68. The van der Waals surface area contributed by atoms with E-state index in [0.717, 1.165) is 29.0 Å². The lowest BCUT2D eigenvalue weighted by molar-refractivity contribution is -0.145. The van der Waals surface area contributed by atoms with Gasteiger partial charge in [0, 0.05) is 24.9 Å². The maximum atomic E-state index is 13.9. The van der Waals surface area contributed by atoms with Crippen molar-refractivity contribution in [2.75, 3.05) is 32.3 Å². The normalized spacial score (nSPS) is 17.7. The van der Waals surface area contributed by atoms with Crippen molar-refractivity contribution < 1.29 is 29.0 Å². The second-order valence-corrected chi connectivity index (χ2v) is 11.7. The van der Waals surface area contributed by atoms with Crippen LogP contribution in [0.1, 0.15) is 36.1 Å². The quantitative estimate of drug-likeness (QED) is 0.212. The zero-order valence-electron chi connectivity index (χ0n) is 24.7. The number of nitrogens with zero attached hydrogens (tertiary/aromatic N) is 2. The summed E-state index contributed by atoms with van der Waals surface area (Å²) in [6.07, 6.45) is 6.41. The van der Waals surface area contributed by atoms with E-state index in [1.807, 2.05) is 65.4 Å². The fourth-order valence-electron chi connectivity index (χ4n) is 5.20. The number of ketones is 1. The molecule has 1 aliphatic heterocycles. The first-order valence-electron chi connectivity index (χ1n) is 14.4. The molecule has 1 unspecified atom stereocenters. The molecule has 3 N–H and O–H groups in total. The molecule has 230 valence electrons. The molecule has 0 saturated carbocycles. The molecule has 2 aromatic carbocycles. The third kappa shape index (κ3) is 8.92. The van der Waals surface area contributed by atoms with E-state index in [2.05, 4.69) is 15.6 Å². The Balaban J connectivity index is 1.47. The highest BCUT2D eigenvalue weighted by Crippen LogP contribution is 2.25. The number of Topliss-reactive ketones (excluding diaryl/α,β-unsaturated/α-hetero) is 1. The number of hydrogen-bond acceptors (Lipinski definition) is 8. The molecule has 4 rings (SSSR count). The number of carbonyl (C=O) groups is 3. The van der Waals surface area contributed by atoms with Gasteiger partial charge in [-0.3, -0.25) is 9.59 Å². The molecule has 1 fully saturated rings. The summed E-state index contributed by atoms with van der Waals surface area (Å²) >= 11 is 1.52. The van der Waals surface area contributed by atoms with E-state index in [1.165, 1.54) is 11.8 Å². The van der Waals surface area contributed by atoms with E-state index in [-0.39, 0.29) is 25.2 Å². The molecule has 0 aliphatic carbocycles. The van der Waals surface area contributed by atoms with Crippen molar-refractivity contribution in [2.45, 2.75) is 56.3 Å². The first-order chi connectivity index (χ1) is 20.8. The first kappa shape index (κ1) is 32.2. The standard InChI is InChI=1S/C32H40N4O6S/c1-41-26-11-9-24(10-12-26)20-36-22-33-19-25(36)18-29(37)32(14-6-15-34-32)21-42-28(17-23-7-4-3-5-8-23)30(38)35-27(31(39)40)13-16-43-2/h3-5,7-12,19,22,27-28,34H,6,13-18,20-21H2,1-2H3,(H,35,38)(H,39,40)/t27-,28?,32+/m1/s1. The van der Waals surface area contributed by atoms with Gasteiger partial charge in [-0.05, 0) is 61.1 Å². The van der Waals surface area contributed by atoms with Gasteiger partial charge in [0.05, 0.1) is 26.5 Å². The number of carboxylic acids is 1. The van der Waals surface area contributed by atoms with E-state index in [4.69, 9.17) is 9.47 Å². The number of thioether (sulfide) groups is 1. The fourth-order valence-corrected chi connectivity index (χ4v) is 5.67. The molecule has 3 atom stereocenters. The van der Waals surface area contributed by atoms with Gasteiger partial charge < -0.3 is 29.8 Å². The van der Waals surface area contributed by atoms with Crippen molar-refractivity contribution in [1.29, 1.82) is 0 Å². The van der Waals surface area contributed by atoms with Crippen molar-refractivity contribution in [3.63, 3.8) is 0 Å². The van der Waals surface area contributed by atoms with Crippen molar-refractivity contribution in [1.82, 2.24) is 20.2 Å². The van der Waals surface area contributed by atoms with Gasteiger partial charge in [-0.15, -0.1) is 0 Å². The van der Waals surface area contributed by atoms with Crippen molar-refractivity contribution in [3.8, 4) is 5.75 Å². The predicted octanol–water partition coefficient (Wildman–Crippen LogP) is 3.12. The second-order valence-electron chi connectivity index (χ2n) is 10.7. The Kier molecular flexibility index (Phi) is 11.8. The van der Waals surface area contributed by atoms with E-state index in [1.54, 1.807) is 19.6 Å². The molecule has 11 heteroatoms. The number of amides is 1. The fraction of sp³-hybridized carbons (Fsp3) is 0.438. The summed E-state index contributed by atoms with van der Waals surface area (Å²) in [4.78, 5) is 43.4. The molecule has 1 amide bonds. The monoisotopic (exact) mass is 608 g/mol. The van der Waals surface area contributed by atoms with Crippen LogP contribution < -0.4 is 15.4 Å². The summed E-state index contributed by atoms with van der Waals surface area (Å²) in [6, 6.07) is 16.2. The molecule has 0 bridgehead atoms. The Morgan fingerprint density at radius 2 is 1.91 bits per heavy atom. The Morgan fingerprint density at radius 1 is 1.14 bits per heavy atom. The van der Waals surface area contributed by atoms with Crippen LogP contribution in [-0.4, -0.2) is 82.3 Å². The molecule has 1 aromatic heterocycles. The molecule has 3 aromatic rings. The summed E-state index contributed by atoms with van der Waals surface area (Å²) < 4.78 is 13.4. The summed E-state index contributed by atoms with van der Waals surface area (Å²) in [6.45, 7) is 1.21. The smallest absolute Gasteiger partial charge is 0.326 e. The molecule has 1 saturated heterocycles. The Morgan fingerprint density at radius 3 is 2.56 bits per heavy atom. The summed E-state index contributed by atoms with van der Waals surface area (Å²) in [5.41, 5.74) is 1.75. The minimum atomic E-state index is -1.09. The molecule has 0 spiro atoms. The summed E-state index contributed by atoms with van der Waals surface area (Å²) in [5.74, 6) is -0.259. The highest BCUT2D eigenvalue weighted by atomic mass is 32.2. The van der Waals surface area contributed by atoms with Crippen LogP contribution in [0.15, 0.2) is 67.1 Å². The van der Waals surface area contributed by atoms with Crippen LogP contribution in [0.5, 0.6) is 5.75 Å². The number of aliphatic carboxylic acids is 1. The van der Waals surface area contributed by atoms with Crippen molar-refractivity contribution in [2.24, 2.45) is 0 Å². The zero-order valence-corrected chi connectivity index (χ0v) is 25.5. The number of rotatable bonds is 17. The van der Waals surface area contributed by atoms with Gasteiger partial charge in [-0.1, -0.05) is 42.5 Å². The van der Waals surface area contributed by atoms with Gasteiger partial charge in [0.25, 0.3) is 0 Å². The van der Waals surface area contributed by atoms with Crippen LogP contribution in [0.3, 0.4) is 0 Å². The number of benzene rings is 2. The number of nitrogens with one attached hydrogen (secondary N) is 2. The van der Waals surface area contributed by atoms with Gasteiger partial charge in [-0.2, -0.15) is 11.8 Å². The summed E-state index contributed by atoms with van der Waals surface area (Å²) in [7, 11) is 1.63. The van der Waals surface area contributed by atoms with Gasteiger partial charge in [0.2, 0.25) is 5.91 Å². The molecule has 10 nitrogen and oxygen atoms in total. The first-order valence-corrected chi connectivity index (χ1v) is 15.8. The van der Waals surface area contributed by atoms with Crippen LogP contribution >= 0.6 is 11.8 Å². The Bertz CT molecular complexity index is 1340. The largest absolute Gasteiger partial charge is 0.497 e. The number of aromatic nitrogens is 2. The highest BCUT2D eigenvalue weighted by molar-refractivity contribution is 7.98. The van der Waals surface area contributed by atoms with Gasteiger partial charge in [0.15, 0.2) is 5.78 Å². The molecular weight excluding hydrogens is 568 g/mol. The van der Waals surface area contributed by atoms with Gasteiger partial charge >= 0.3 is 5.97 Å². The lowest BCUT2D eigenvalue weighted by atomic mass is 9.90. The number of methoxy groups -OCH3 is 1. The van der Waals surface area contributed by atoms with Gasteiger partial charge in [-0.25, -0.2) is 9.78 Å². The molecule has 0 radical (unpaired) electrons. The van der Waals surface area contributed by atoms with E-state index >= 15 is 0 Å². The van der Waals surface area contributed by atoms with Crippen LogP contribution in [0.25, 0.3) is 0 Å². The number of ether oxygens (including phenoxy) is 2. The second kappa shape index (κ2) is 15.7. The van der Waals surface area contributed by atoms with E-state index in [0.29, 0.717) is 31.7 Å². The predicted molar refractivity (Wildman–Crippen MR) is 165 cm³/mol. The third-order valence-electron chi connectivity index (χ3n) is 7.74. The highest BCUT2D eigenvalue weighted by Gasteiger charge is 2.42. The summed E-state index contributed by atoms with van der Waals surface area (Å²) in [5, 5.41) is 15.7. The lowest BCUT2D eigenvalue weighted by Gasteiger charge is -2.30. The maximum Gasteiger partial charge on any atom is 0.326 e. The Labute approximate surface area is 256 Å². The van der Waals surface area contributed by atoms with E-state index < -0.39 is 29.6 Å². The van der Waals surface area contributed by atoms with Crippen molar-refractivity contribution >= 4 is 29.4 Å². The van der Waals surface area contributed by atoms with Crippen LogP contribution in [0.4, 0.5) is 0 Å². The topological polar surface area (TPSA) is 132 Å². The Hall–Kier alpha value is -3.67. The number of carbonyl (C=O) groups excluding carboxylic acids is 2. The molecule has 1 aliphatic rings. The molecule has 43 heavy (non-hydrogen) atoms.